The Morgan fingerprint density at radius 3 is 1.52 bits per heavy atom. The van der Waals surface area contributed by atoms with Crippen molar-refractivity contribution >= 4 is 18.4 Å². The van der Waals surface area contributed by atoms with Gasteiger partial charge in [-0.15, -0.1) is 0 Å². The number of aromatic nitrogens is 1. The first-order chi connectivity index (χ1) is 28.4. The van der Waals surface area contributed by atoms with Crippen LogP contribution in [0.3, 0.4) is 0 Å². The van der Waals surface area contributed by atoms with Gasteiger partial charge in [-0.1, -0.05) is 12.1 Å². The molecule has 3 aromatic carbocycles. The molecular formula is C43H49BN2O12. The Kier molecular flexibility index (Phi) is 12.7. The molecule has 6 heterocycles. The highest BCUT2D eigenvalue weighted by atomic mass is 16.9. The van der Waals surface area contributed by atoms with Gasteiger partial charge < -0.3 is 61.5 Å². The van der Waals surface area contributed by atoms with Crippen LogP contribution in [-0.4, -0.2) is 86.7 Å². The van der Waals surface area contributed by atoms with Gasteiger partial charge in [0.15, 0.2) is 28.8 Å². The third-order valence-electron chi connectivity index (χ3n) is 9.71. The number of rotatable bonds is 9. The number of H-pyrrole nitrogens is 1. The minimum absolute atomic E-state index is 0.437. The van der Waals surface area contributed by atoms with Gasteiger partial charge in [-0.2, -0.15) is 0 Å². The topological polar surface area (TPSA) is 141 Å². The first-order valence-corrected chi connectivity index (χ1v) is 19.1. The van der Waals surface area contributed by atoms with Crippen LogP contribution in [0, 0.1) is 0 Å². The number of hydrogen-bond donors (Lipinski definition) is 2. The van der Waals surface area contributed by atoms with Crippen molar-refractivity contribution in [3.8, 4) is 57.3 Å². The number of allylic oxidation sites excluding steroid dienone is 3. The smallest absolute Gasteiger partial charge is 0.610 e. The average molecular weight is 797 g/mol. The second kappa shape index (κ2) is 18.4. The van der Waals surface area contributed by atoms with E-state index in [9.17, 15) is 0 Å². The summed E-state index contributed by atoms with van der Waals surface area (Å²) >= 11 is 0. The SMILES string of the molecule is C1CCOC1.C1CCOC1.COc1cc(C2=[NH+]/C(=C3/C=C(c4ccc(-c5cc(OC)c(OC)c(OC)c5)[nH]4)O[B-]4(O3)Oc3ccccc3O4)C=C2)cc(OC)c1OC. The summed E-state index contributed by atoms with van der Waals surface area (Å²) in [4.78, 5) is 6.88. The molecule has 9 rings (SSSR count). The lowest BCUT2D eigenvalue weighted by molar-refractivity contribution is -0.388. The summed E-state index contributed by atoms with van der Waals surface area (Å²) in [5, 5.41) is 0. The lowest BCUT2D eigenvalue weighted by atomic mass is 10.0. The Hall–Kier alpha value is -6.19. The highest BCUT2D eigenvalue weighted by molar-refractivity contribution is 6.58. The summed E-state index contributed by atoms with van der Waals surface area (Å²) in [5.41, 5.74) is 4.50. The van der Waals surface area contributed by atoms with E-state index in [4.69, 9.17) is 56.5 Å². The Labute approximate surface area is 337 Å². The number of nitrogens with one attached hydrogen (secondary N) is 2. The minimum Gasteiger partial charge on any atom is -0.610 e. The van der Waals surface area contributed by atoms with Crippen LogP contribution >= 0.6 is 0 Å². The number of fused-ring (bicyclic) bond motifs is 1. The molecule has 1 spiro atoms. The Morgan fingerprint density at radius 2 is 1.05 bits per heavy atom. The average Bonchev–Trinajstić information content (AvgIpc) is 4.12. The van der Waals surface area contributed by atoms with E-state index in [0.29, 0.717) is 68.9 Å². The van der Waals surface area contributed by atoms with Gasteiger partial charge in [0, 0.05) is 55.9 Å². The molecule has 0 radical (unpaired) electrons. The predicted octanol–water partition coefficient (Wildman–Crippen LogP) is 5.97. The molecule has 0 atom stereocenters. The van der Waals surface area contributed by atoms with Crippen molar-refractivity contribution in [2.24, 2.45) is 0 Å². The predicted molar refractivity (Wildman–Crippen MR) is 217 cm³/mol. The summed E-state index contributed by atoms with van der Waals surface area (Å²) in [7, 11) is 9.44. The number of para-hydroxylation sites is 2. The van der Waals surface area contributed by atoms with Crippen LogP contribution in [-0.2, 0) is 18.8 Å². The molecule has 5 aliphatic rings. The maximum Gasteiger partial charge on any atom is 0.777 e. The van der Waals surface area contributed by atoms with Crippen molar-refractivity contribution in [3.63, 3.8) is 0 Å². The maximum atomic E-state index is 6.38. The summed E-state index contributed by atoms with van der Waals surface area (Å²) < 4.78 is 68.3. The molecule has 5 aliphatic heterocycles. The molecule has 0 bridgehead atoms. The highest BCUT2D eigenvalue weighted by Gasteiger charge is 2.51. The molecule has 14 nitrogen and oxygen atoms in total. The fourth-order valence-corrected chi connectivity index (χ4v) is 6.79. The largest absolute Gasteiger partial charge is 0.777 e. The molecule has 0 saturated carbocycles. The van der Waals surface area contributed by atoms with Crippen molar-refractivity contribution in [2.45, 2.75) is 25.7 Å². The van der Waals surface area contributed by atoms with E-state index in [1.165, 1.54) is 25.7 Å². The van der Waals surface area contributed by atoms with Crippen LogP contribution < -0.4 is 42.7 Å². The van der Waals surface area contributed by atoms with E-state index in [1.807, 2.05) is 60.7 Å². The zero-order valence-corrected chi connectivity index (χ0v) is 33.6. The molecule has 306 valence electrons. The summed E-state index contributed by atoms with van der Waals surface area (Å²) in [5.74, 6) is 5.01. The zero-order valence-electron chi connectivity index (χ0n) is 33.6. The molecule has 2 saturated heterocycles. The van der Waals surface area contributed by atoms with Crippen LogP contribution in [0.5, 0.6) is 46.0 Å². The number of hydrogen-bond acceptors (Lipinski definition) is 12. The second-order valence-electron chi connectivity index (χ2n) is 13.4. The summed E-state index contributed by atoms with van der Waals surface area (Å²) in [6.45, 7) is 1.24. The van der Waals surface area contributed by atoms with Crippen molar-refractivity contribution in [2.75, 3.05) is 69.1 Å². The van der Waals surface area contributed by atoms with Crippen LogP contribution in [0.1, 0.15) is 36.9 Å². The van der Waals surface area contributed by atoms with E-state index in [0.717, 1.165) is 49.0 Å². The van der Waals surface area contributed by atoms with Crippen molar-refractivity contribution < 1.29 is 61.5 Å². The van der Waals surface area contributed by atoms with E-state index < -0.39 is 6.96 Å². The van der Waals surface area contributed by atoms with Crippen LogP contribution in [0.25, 0.3) is 17.0 Å². The Balaban J connectivity index is 0.000000447. The Morgan fingerprint density at radius 1 is 0.552 bits per heavy atom. The fourth-order valence-electron chi connectivity index (χ4n) is 6.79. The van der Waals surface area contributed by atoms with Crippen molar-refractivity contribution in [3.05, 3.63) is 102 Å². The first kappa shape index (κ1) is 40.0. The van der Waals surface area contributed by atoms with Gasteiger partial charge in [-0.05, 0) is 74.2 Å². The lowest BCUT2D eigenvalue weighted by Crippen LogP contribution is -2.69. The van der Waals surface area contributed by atoms with Crippen LogP contribution in [0.15, 0.2) is 90.3 Å². The Bertz CT molecular complexity index is 2100. The molecule has 0 amide bonds. The van der Waals surface area contributed by atoms with Crippen LogP contribution in [0.4, 0.5) is 0 Å². The third kappa shape index (κ3) is 8.70. The van der Waals surface area contributed by atoms with Gasteiger partial charge in [0.1, 0.15) is 17.3 Å². The van der Waals surface area contributed by atoms with Gasteiger partial charge in [-0.25, -0.2) is 4.99 Å². The maximum absolute atomic E-state index is 6.38. The zero-order chi connectivity index (χ0) is 40.5. The quantitative estimate of drug-likeness (QED) is 0.193. The third-order valence-corrected chi connectivity index (χ3v) is 9.71. The lowest BCUT2D eigenvalue weighted by Gasteiger charge is -2.39. The summed E-state index contributed by atoms with van der Waals surface area (Å²) in [6, 6.07) is 18.6. The molecule has 2 fully saturated rings. The van der Waals surface area contributed by atoms with E-state index in [2.05, 4.69) is 9.98 Å². The normalized spacial score (nSPS) is 18.1. The second-order valence-corrected chi connectivity index (χ2v) is 13.4. The van der Waals surface area contributed by atoms with Gasteiger partial charge in [-0.3, -0.25) is 0 Å². The number of benzene rings is 3. The molecular weight excluding hydrogens is 747 g/mol. The van der Waals surface area contributed by atoms with Gasteiger partial charge in [0.05, 0.1) is 53.9 Å². The number of aromatic amines is 1. The molecule has 0 unspecified atom stereocenters. The molecule has 4 aromatic rings. The first-order valence-electron chi connectivity index (χ1n) is 19.1. The highest BCUT2D eigenvalue weighted by Crippen LogP contribution is 2.45. The van der Waals surface area contributed by atoms with Crippen molar-refractivity contribution in [1.29, 1.82) is 0 Å². The minimum atomic E-state index is -2.76. The molecule has 2 N–H and O–H groups in total. The molecule has 1 aromatic heterocycles. The van der Waals surface area contributed by atoms with E-state index >= 15 is 0 Å². The number of ether oxygens (including phenoxy) is 8. The molecule has 15 heteroatoms. The monoisotopic (exact) mass is 796 g/mol. The van der Waals surface area contributed by atoms with Crippen molar-refractivity contribution in [1.82, 2.24) is 4.98 Å². The standard InChI is InChI=1S/C35H32BN2O10.2C4H8O/c1-39-30-15-20(16-31(40-2)34(30)43-5)22-11-13-24(37-22)28-19-29(48-36(47-28)45-26-9-7-8-10-27(26)46-36)25-14-12-23(38-25)21-17-32(41-3)35(44-6)33(18-21)42-4;2*1-2-4-5-3-1/h7-19,37H,1-6H3;2*1-4H2/q-1;;/p+1/b29-25-;;. The van der Waals surface area contributed by atoms with Gasteiger partial charge in [0.25, 0.3) is 0 Å². The van der Waals surface area contributed by atoms with Gasteiger partial charge in [0.2, 0.25) is 22.9 Å². The fraction of sp³-hybridized carbons (Fsp3) is 0.326. The molecule has 0 aliphatic carbocycles. The summed E-state index contributed by atoms with van der Waals surface area (Å²) in [6.07, 6.45) is 10.7. The van der Waals surface area contributed by atoms with Gasteiger partial charge >= 0.3 is 6.96 Å². The molecule has 58 heavy (non-hydrogen) atoms. The van der Waals surface area contributed by atoms with Crippen LogP contribution in [0.2, 0.25) is 0 Å². The number of methoxy groups -OCH3 is 6. The van der Waals surface area contributed by atoms with E-state index in [-0.39, 0.29) is 0 Å². The van der Waals surface area contributed by atoms with E-state index in [1.54, 1.807) is 60.9 Å².